The monoisotopic (exact) mass is 366 g/mol. The fraction of sp³-hybridized carbons (Fsp3) is 0.579. The number of carbonyl (C=O) groups is 2. The first kappa shape index (κ1) is 19.8. The normalized spacial score (nSPS) is 21.9. The molecule has 0 aromatic heterocycles. The van der Waals surface area contributed by atoms with Crippen LogP contribution in [0.3, 0.4) is 0 Å². The summed E-state index contributed by atoms with van der Waals surface area (Å²) in [5.74, 6) is -0.631. The summed E-state index contributed by atoms with van der Waals surface area (Å²) in [5, 5.41) is 2.77. The molecule has 1 aromatic rings. The number of halogens is 1. The van der Waals surface area contributed by atoms with Gasteiger partial charge in [0.2, 0.25) is 5.91 Å². The summed E-state index contributed by atoms with van der Waals surface area (Å²) in [6.45, 7) is 10.0. The zero-order chi connectivity index (χ0) is 18.8. The Labute approximate surface area is 153 Å². The third kappa shape index (κ3) is 4.35. The van der Waals surface area contributed by atoms with Crippen molar-refractivity contribution in [2.45, 2.75) is 58.5 Å². The molecule has 3 atom stereocenters. The van der Waals surface area contributed by atoms with Crippen molar-refractivity contribution in [1.29, 1.82) is 0 Å². The first-order valence-electron chi connectivity index (χ1n) is 8.66. The number of nitrogens with one attached hydrogen (secondary N) is 1. The van der Waals surface area contributed by atoms with Crippen LogP contribution in [0.2, 0.25) is 0 Å². The van der Waals surface area contributed by atoms with Gasteiger partial charge in [0.05, 0.1) is 10.9 Å². The van der Waals surface area contributed by atoms with Gasteiger partial charge in [-0.2, -0.15) is 0 Å². The highest BCUT2D eigenvalue weighted by Crippen LogP contribution is 2.41. The Hall–Kier alpha value is -1.56. The molecule has 1 aliphatic rings. The summed E-state index contributed by atoms with van der Waals surface area (Å²) >= 11 is 1.58. The van der Waals surface area contributed by atoms with Gasteiger partial charge in [-0.3, -0.25) is 9.59 Å². The molecule has 6 heteroatoms. The summed E-state index contributed by atoms with van der Waals surface area (Å²) in [6, 6.07) is 5.40. The Morgan fingerprint density at radius 2 is 2.00 bits per heavy atom. The molecular formula is C19H27FN2O2S. The maximum atomic E-state index is 14.2. The van der Waals surface area contributed by atoms with Crippen molar-refractivity contribution < 1.29 is 14.0 Å². The van der Waals surface area contributed by atoms with Gasteiger partial charge in [-0.25, -0.2) is 4.39 Å². The Balaban J connectivity index is 2.36. The molecule has 1 aliphatic heterocycles. The summed E-state index contributed by atoms with van der Waals surface area (Å²) in [5.41, 5.74) is -0.211. The summed E-state index contributed by atoms with van der Waals surface area (Å²) in [7, 11) is 0. The van der Waals surface area contributed by atoms with E-state index in [0.717, 1.165) is 6.42 Å². The van der Waals surface area contributed by atoms with E-state index in [9.17, 15) is 14.0 Å². The van der Waals surface area contributed by atoms with Gasteiger partial charge in [0, 0.05) is 11.8 Å². The second kappa shape index (κ2) is 7.77. The van der Waals surface area contributed by atoms with Crippen LogP contribution in [0.5, 0.6) is 0 Å². The van der Waals surface area contributed by atoms with Crippen LogP contribution in [0, 0.1) is 11.2 Å². The van der Waals surface area contributed by atoms with Gasteiger partial charge in [-0.05, 0) is 30.9 Å². The fourth-order valence-electron chi connectivity index (χ4n) is 2.84. The predicted octanol–water partition coefficient (Wildman–Crippen LogP) is 3.67. The molecule has 0 aliphatic carbocycles. The number of thioether (sulfide) groups is 1. The molecule has 1 aromatic carbocycles. The van der Waals surface area contributed by atoms with Gasteiger partial charge in [-0.15, -0.1) is 11.8 Å². The van der Waals surface area contributed by atoms with Gasteiger partial charge in [0.15, 0.2) is 0 Å². The molecule has 25 heavy (non-hydrogen) atoms. The van der Waals surface area contributed by atoms with Crippen molar-refractivity contribution >= 4 is 23.6 Å². The standard InChI is InChI=1S/C19H27FN2O2S/c1-6-12(2)21-16(23)15-11-25-18(19(3,4)5)22(15)17(24)13-9-7-8-10-14(13)20/h7-10,12,15,18H,6,11H2,1-5H3,(H,21,23). The van der Waals surface area contributed by atoms with Crippen LogP contribution >= 0.6 is 11.8 Å². The predicted molar refractivity (Wildman–Crippen MR) is 100.0 cm³/mol. The van der Waals surface area contributed by atoms with E-state index in [1.54, 1.807) is 28.8 Å². The fourth-order valence-corrected chi connectivity index (χ4v) is 4.42. The molecule has 0 saturated carbocycles. The second-order valence-corrected chi connectivity index (χ2v) is 8.69. The Morgan fingerprint density at radius 1 is 1.36 bits per heavy atom. The van der Waals surface area contributed by atoms with E-state index in [-0.39, 0.29) is 28.3 Å². The summed E-state index contributed by atoms with van der Waals surface area (Å²) in [4.78, 5) is 27.4. The van der Waals surface area contributed by atoms with Gasteiger partial charge < -0.3 is 10.2 Å². The molecule has 0 spiro atoms. The number of benzene rings is 1. The van der Waals surface area contributed by atoms with Crippen molar-refractivity contribution in [1.82, 2.24) is 10.2 Å². The van der Waals surface area contributed by atoms with Crippen molar-refractivity contribution in [3.05, 3.63) is 35.6 Å². The van der Waals surface area contributed by atoms with E-state index < -0.39 is 17.8 Å². The first-order valence-corrected chi connectivity index (χ1v) is 9.70. The van der Waals surface area contributed by atoms with E-state index >= 15 is 0 Å². The van der Waals surface area contributed by atoms with E-state index in [0.29, 0.717) is 5.75 Å². The number of rotatable bonds is 4. The van der Waals surface area contributed by atoms with E-state index in [1.807, 2.05) is 34.6 Å². The zero-order valence-corrected chi connectivity index (χ0v) is 16.3. The summed E-state index contributed by atoms with van der Waals surface area (Å²) < 4.78 is 14.2. The van der Waals surface area contributed by atoms with Crippen LogP contribution < -0.4 is 5.32 Å². The third-order valence-electron chi connectivity index (χ3n) is 4.38. The van der Waals surface area contributed by atoms with E-state index in [2.05, 4.69) is 5.32 Å². The van der Waals surface area contributed by atoms with Crippen LogP contribution in [0.25, 0.3) is 0 Å². The molecule has 2 amide bonds. The molecule has 3 unspecified atom stereocenters. The molecule has 1 saturated heterocycles. The maximum Gasteiger partial charge on any atom is 0.258 e. The van der Waals surface area contributed by atoms with Crippen LogP contribution in [-0.4, -0.2) is 39.9 Å². The van der Waals surface area contributed by atoms with Gasteiger partial charge in [-0.1, -0.05) is 39.8 Å². The smallest absolute Gasteiger partial charge is 0.258 e. The third-order valence-corrected chi connectivity index (χ3v) is 6.14. The minimum Gasteiger partial charge on any atom is -0.352 e. The molecule has 2 rings (SSSR count). The van der Waals surface area contributed by atoms with Gasteiger partial charge in [0.25, 0.3) is 5.91 Å². The average Bonchev–Trinajstić information content (AvgIpc) is 2.99. The molecule has 4 nitrogen and oxygen atoms in total. The number of amides is 2. The number of hydrogen-bond donors (Lipinski definition) is 1. The summed E-state index contributed by atoms with van der Waals surface area (Å²) in [6.07, 6.45) is 0.815. The Morgan fingerprint density at radius 3 is 2.56 bits per heavy atom. The lowest BCUT2D eigenvalue weighted by Gasteiger charge is -2.36. The zero-order valence-electron chi connectivity index (χ0n) is 15.5. The van der Waals surface area contributed by atoms with Crippen molar-refractivity contribution in [2.75, 3.05) is 5.75 Å². The molecule has 1 N–H and O–H groups in total. The highest BCUT2D eigenvalue weighted by molar-refractivity contribution is 8.00. The Kier molecular flexibility index (Phi) is 6.14. The van der Waals surface area contributed by atoms with Crippen LogP contribution in [0.15, 0.2) is 24.3 Å². The van der Waals surface area contributed by atoms with Gasteiger partial charge >= 0.3 is 0 Å². The lowest BCUT2D eigenvalue weighted by molar-refractivity contribution is -0.125. The Bertz CT molecular complexity index is 645. The average molecular weight is 367 g/mol. The number of carbonyl (C=O) groups excluding carboxylic acids is 2. The molecule has 138 valence electrons. The molecule has 0 radical (unpaired) electrons. The first-order chi connectivity index (χ1) is 11.7. The van der Waals surface area contributed by atoms with E-state index in [4.69, 9.17) is 0 Å². The highest BCUT2D eigenvalue weighted by Gasteiger charge is 2.47. The van der Waals surface area contributed by atoms with Crippen LogP contribution in [-0.2, 0) is 4.79 Å². The van der Waals surface area contributed by atoms with Crippen molar-refractivity contribution in [3.63, 3.8) is 0 Å². The van der Waals surface area contributed by atoms with Gasteiger partial charge in [0.1, 0.15) is 11.9 Å². The quantitative estimate of drug-likeness (QED) is 0.884. The maximum absolute atomic E-state index is 14.2. The van der Waals surface area contributed by atoms with Crippen molar-refractivity contribution in [2.24, 2.45) is 5.41 Å². The molecule has 1 heterocycles. The topological polar surface area (TPSA) is 49.4 Å². The minimum absolute atomic E-state index is 0.0144. The van der Waals surface area contributed by atoms with Crippen molar-refractivity contribution in [3.8, 4) is 0 Å². The van der Waals surface area contributed by atoms with Crippen LogP contribution in [0.1, 0.15) is 51.4 Å². The lowest BCUT2D eigenvalue weighted by Crippen LogP contribution is -2.53. The highest BCUT2D eigenvalue weighted by atomic mass is 32.2. The minimum atomic E-state index is -0.588. The molecule has 1 fully saturated rings. The number of hydrogen-bond acceptors (Lipinski definition) is 3. The van der Waals surface area contributed by atoms with E-state index in [1.165, 1.54) is 12.1 Å². The molecule has 0 bridgehead atoms. The second-order valence-electron chi connectivity index (χ2n) is 7.58. The molecular weight excluding hydrogens is 339 g/mol. The SMILES string of the molecule is CCC(C)NC(=O)C1CSC(C(C)(C)C)N1C(=O)c1ccccc1F. The lowest BCUT2D eigenvalue weighted by atomic mass is 9.94. The largest absolute Gasteiger partial charge is 0.352 e. The number of nitrogens with zero attached hydrogens (tertiary/aromatic N) is 1. The van der Waals surface area contributed by atoms with Crippen LogP contribution in [0.4, 0.5) is 4.39 Å².